The summed E-state index contributed by atoms with van der Waals surface area (Å²) in [7, 11) is 0. The minimum Gasteiger partial charge on any atom is -0.465 e. The van der Waals surface area contributed by atoms with Gasteiger partial charge in [0.05, 0.1) is 22.4 Å². The average molecular weight is 421 g/mol. The van der Waals surface area contributed by atoms with E-state index in [2.05, 4.69) is 26.6 Å². The van der Waals surface area contributed by atoms with E-state index in [4.69, 9.17) is 16.7 Å². The summed E-state index contributed by atoms with van der Waals surface area (Å²) in [5, 5.41) is 43.4. The topological polar surface area (TPSA) is 145 Å². The molecule has 1 fully saturated rings. The largest absolute Gasteiger partial charge is 0.465 e. The standard InChI is InChI=1S/C19H25ClN6O3/c1-2-13-14(9-21)16(25-17(20)15(13)10-22)11-23-5-8-26-6-3-19(29,4-7-26)12-24-18(27)28/h23-24,29H,2-8,11-12H2,1H3,(H,27,28). The minimum atomic E-state index is -1.13. The molecule has 1 saturated heterocycles. The summed E-state index contributed by atoms with van der Waals surface area (Å²) in [6.45, 7) is 5.01. The number of likely N-dealkylation sites (tertiary alicyclic amines) is 1. The van der Waals surface area contributed by atoms with Gasteiger partial charge in [0.25, 0.3) is 0 Å². The van der Waals surface area contributed by atoms with Crippen LogP contribution < -0.4 is 10.6 Å². The van der Waals surface area contributed by atoms with Crippen molar-refractivity contribution < 1.29 is 15.0 Å². The predicted molar refractivity (Wildman–Crippen MR) is 106 cm³/mol. The van der Waals surface area contributed by atoms with Crippen molar-refractivity contribution in [2.75, 3.05) is 32.7 Å². The molecule has 2 heterocycles. The highest BCUT2D eigenvalue weighted by Gasteiger charge is 2.32. The Hall–Kier alpha value is -2.43. The second-order valence-corrected chi connectivity index (χ2v) is 7.41. The normalized spacial score (nSPS) is 16.0. The maximum absolute atomic E-state index is 10.6. The molecule has 0 aromatic carbocycles. The van der Waals surface area contributed by atoms with Gasteiger partial charge in [-0.05, 0) is 24.8 Å². The van der Waals surface area contributed by atoms with Crippen LogP contribution in [0.2, 0.25) is 5.15 Å². The summed E-state index contributed by atoms with van der Waals surface area (Å²) in [6.07, 6.45) is 0.385. The number of nitriles is 2. The van der Waals surface area contributed by atoms with Gasteiger partial charge in [-0.1, -0.05) is 18.5 Å². The van der Waals surface area contributed by atoms with Crippen molar-refractivity contribution in [2.45, 2.75) is 38.3 Å². The zero-order chi connectivity index (χ0) is 21.4. The van der Waals surface area contributed by atoms with Gasteiger partial charge in [-0.15, -0.1) is 0 Å². The zero-order valence-electron chi connectivity index (χ0n) is 16.3. The van der Waals surface area contributed by atoms with Gasteiger partial charge in [0, 0.05) is 39.3 Å². The molecule has 0 unspecified atom stereocenters. The van der Waals surface area contributed by atoms with E-state index in [1.807, 2.05) is 13.0 Å². The third-order valence-electron chi connectivity index (χ3n) is 5.16. The van der Waals surface area contributed by atoms with E-state index < -0.39 is 11.7 Å². The van der Waals surface area contributed by atoms with Crippen molar-refractivity contribution in [2.24, 2.45) is 0 Å². The van der Waals surface area contributed by atoms with E-state index in [9.17, 15) is 20.4 Å². The Balaban J connectivity index is 1.85. The third-order valence-corrected chi connectivity index (χ3v) is 5.43. The Morgan fingerprint density at radius 2 is 1.97 bits per heavy atom. The fraction of sp³-hybridized carbons (Fsp3) is 0.579. The van der Waals surface area contributed by atoms with Crippen LogP contribution in [0.4, 0.5) is 4.79 Å². The van der Waals surface area contributed by atoms with Gasteiger partial charge >= 0.3 is 6.09 Å². The molecule has 4 N–H and O–H groups in total. The number of amides is 1. The summed E-state index contributed by atoms with van der Waals surface area (Å²) in [6, 6.07) is 4.16. The number of hydrogen-bond acceptors (Lipinski definition) is 7. The van der Waals surface area contributed by atoms with Crippen molar-refractivity contribution in [1.29, 1.82) is 10.5 Å². The number of nitrogens with one attached hydrogen (secondary N) is 2. The lowest BCUT2D eigenvalue weighted by molar-refractivity contribution is -0.0186. The molecule has 1 aliphatic heterocycles. The zero-order valence-corrected chi connectivity index (χ0v) is 17.1. The van der Waals surface area contributed by atoms with Crippen molar-refractivity contribution in [3.63, 3.8) is 0 Å². The smallest absolute Gasteiger partial charge is 0.404 e. The van der Waals surface area contributed by atoms with E-state index in [1.54, 1.807) is 0 Å². The van der Waals surface area contributed by atoms with E-state index in [0.29, 0.717) is 62.3 Å². The quantitative estimate of drug-likeness (QED) is 0.363. The number of hydrogen-bond donors (Lipinski definition) is 4. The molecule has 0 radical (unpaired) electrons. The highest BCUT2D eigenvalue weighted by atomic mass is 35.5. The van der Waals surface area contributed by atoms with Crippen molar-refractivity contribution >= 4 is 17.7 Å². The molecule has 9 nitrogen and oxygen atoms in total. The van der Waals surface area contributed by atoms with Crippen molar-refractivity contribution in [1.82, 2.24) is 20.5 Å². The van der Waals surface area contributed by atoms with Crippen LogP contribution in [0.25, 0.3) is 0 Å². The number of nitrogens with zero attached hydrogens (tertiary/aromatic N) is 4. The first-order chi connectivity index (χ1) is 13.8. The first-order valence-electron chi connectivity index (χ1n) is 9.47. The van der Waals surface area contributed by atoms with Crippen LogP contribution in [0.1, 0.15) is 42.1 Å². The van der Waals surface area contributed by atoms with E-state index in [-0.39, 0.29) is 17.3 Å². The SMILES string of the molecule is CCc1c(C#N)c(Cl)nc(CNCCN2CCC(O)(CNC(=O)O)CC2)c1C#N. The summed E-state index contributed by atoms with van der Waals surface area (Å²) < 4.78 is 0. The van der Waals surface area contributed by atoms with Crippen LogP contribution in [0, 0.1) is 22.7 Å². The Kier molecular flexibility index (Phi) is 8.18. The number of halogens is 1. The van der Waals surface area contributed by atoms with E-state index >= 15 is 0 Å². The van der Waals surface area contributed by atoms with Gasteiger partial charge in [0.2, 0.25) is 0 Å². The van der Waals surface area contributed by atoms with Gasteiger partial charge < -0.3 is 25.7 Å². The molecule has 0 aliphatic carbocycles. The average Bonchev–Trinajstić information content (AvgIpc) is 2.70. The monoisotopic (exact) mass is 420 g/mol. The van der Waals surface area contributed by atoms with Crippen LogP contribution in [0.15, 0.2) is 0 Å². The summed E-state index contributed by atoms with van der Waals surface area (Å²) in [5.74, 6) is 0. The molecule has 1 aromatic heterocycles. The first-order valence-corrected chi connectivity index (χ1v) is 9.85. The molecule has 29 heavy (non-hydrogen) atoms. The summed E-state index contributed by atoms with van der Waals surface area (Å²) in [5.41, 5.74) is 0.810. The van der Waals surface area contributed by atoms with Crippen LogP contribution in [0.3, 0.4) is 0 Å². The number of rotatable bonds is 8. The van der Waals surface area contributed by atoms with Crippen LogP contribution >= 0.6 is 11.6 Å². The van der Waals surface area contributed by atoms with E-state index in [1.165, 1.54) is 0 Å². The van der Waals surface area contributed by atoms with Crippen LogP contribution in [-0.2, 0) is 13.0 Å². The minimum absolute atomic E-state index is 0.0379. The number of pyridine rings is 1. The molecular weight excluding hydrogens is 396 g/mol. The highest BCUT2D eigenvalue weighted by molar-refractivity contribution is 6.30. The summed E-state index contributed by atoms with van der Waals surface area (Å²) in [4.78, 5) is 17.0. The number of carbonyl (C=O) groups is 1. The molecule has 1 aliphatic rings. The fourth-order valence-corrected chi connectivity index (χ4v) is 3.69. The van der Waals surface area contributed by atoms with Gasteiger partial charge in [0.1, 0.15) is 17.3 Å². The second kappa shape index (κ2) is 10.4. The van der Waals surface area contributed by atoms with Crippen LogP contribution in [0.5, 0.6) is 0 Å². The van der Waals surface area contributed by atoms with E-state index in [0.717, 1.165) is 6.54 Å². The molecule has 10 heteroatoms. The number of carboxylic acid groups (broad SMARTS) is 1. The lowest BCUT2D eigenvalue weighted by atomic mass is 9.91. The Morgan fingerprint density at radius 3 is 2.52 bits per heavy atom. The molecule has 0 bridgehead atoms. The van der Waals surface area contributed by atoms with Gasteiger partial charge in [0.15, 0.2) is 0 Å². The van der Waals surface area contributed by atoms with Crippen molar-refractivity contribution in [3.8, 4) is 12.1 Å². The number of aromatic nitrogens is 1. The molecule has 1 amide bonds. The highest BCUT2D eigenvalue weighted by Crippen LogP contribution is 2.24. The Bertz CT molecular complexity index is 825. The fourth-order valence-electron chi connectivity index (χ4n) is 3.43. The molecule has 0 spiro atoms. The number of piperidine rings is 1. The molecular formula is C19H25ClN6O3. The Morgan fingerprint density at radius 1 is 1.31 bits per heavy atom. The van der Waals surface area contributed by atoms with Gasteiger partial charge in [-0.2, -0.15) is 10.5 Å². The maximum Gasteiger partial charge on any atom is 0.404 e. The summed E-state index contributed by atoms with van der Waals surface area (Å²) >= 11 is 6.10. The van der Waals surface area contributed by atoms with Gasteiger partial charge in [-0.25, -0.2) is 9.78 Å². The number of aliphatic hydroxyl groups is 1. The maximum atomic E-state index is 10.6. The van der Waals surface area contributed by atoms with Crippen molar-refractivity contribution in [3.05, 3.63) is 27.5 Å². The molecule has 156 valence electrons. The molecule has 0 atom stereocenters. The second-order valence-electron chi connectivity index (χ2n) is 7.06. The third kappa shape index (κ3) is 6.02. The lowest BCUT2D eigenvalue weighted by Gasteiger charge is -2.38. The first kappa shape index (κ1) is 22.9. The van der Waals surface area contributed by atoms with Gasteiger partial charge in [-0.3, -0.25) is 0 Å². The van der Waals surface area contributed by atoms with Crippen LogP contribution in [-0.4, -0.2) is 64.5 Å². The predicted octanol–water partition coefficient (Wildman–Crippen LogP) is 1.22. The Labute approximate surface area is 174 Å². The molecule has 1 aromatic rings. The lowest BCUT2D eigenvalue weighted by Crippen LogP contribution is -2.51. The molecule has 0 saturated carbocycles. The molecule has 2 rings (SSSR count).